The molecule has 0 saturated heterocycles. The molecule has 0 heterocycles. The molecule has 0 aliphatic carbocycles. The number of rotatable bonds is 7. The Hall–Kier alpha value is -2.13. The number of methoxy groups -OCH3 is 1. The van der Waals surface area contributed by atoms with Crippen LogP contribution in [0.3, 0.4) is 0 Å². The first-order valence-electron chi connectivity index (χ1n) is 6.03. The summed E-state index contributed by atoms with van der Waals surface area (Å²) in [5, 5.41) is 19.6. The van der Waals surface area contributed by atoms with Crippen LogP contribution in [0.2, 0.25) is 0 Å². The fourth-order valence-electron chi connectivity index (χ4n) is 1.87. The highest BCUT2D eigenvalue weighted by atomic mass is 16.6. The molecule has 1 aromatic carbocycles. The number of hydrogen-bond acceptors (Lipinski definition) is 5. The van der Waals surface area contributed by atoms with Crippen molar-refractivity contribution in [3.8, 4) is 11.8 Å². The van der Waals surface area contributed by atoms with E-state index in [-0.39, 0.29) is 5.69 Å². The van der Waals surface area contributed by atoms with E-state index in [4.69, 9.17) is 10.00 Å². The summed E-state index contributed by atoms with van der Waals surface area (Å²) in [6.07, 6.45) is 0.916. The van der Waals surface area contributed by atoms with Crippen LogP contribution in [0.1, 0.15) is 18.9 Å². The smallest absolute Gasteiger partial charge is 0.270 e. The Morgan fingerprint density at radius 2 is 2.26 bits per heavy atom. The minimum Gasteiger partial charge on any atom is -0.496 e. The number of nitrogens with zero attached hydrogens (tertiary/aromatic N) is 3. The maximum absolute atomic E-state index is 10.8. The second-order valence-electron chi connectivity index (χ2n) is 4.12. The molecule has 0 spiro atoms. The van der Waals surface area contributed by atoms with Gasteiger partial charge in [0.15, 0.2) is 0 Å². The minimum absolute atomic E-state index is 0.0317. The molecule has 1 rings (SSSR count). The average Bonchev–Trinajstić information content (AvgIpc) is 2.39. The Morgan fingerprint density at radius 3 is 2.79 bits per heavy atom. The highest BCUT2D eigenvalue weighted by Gasteiger charge is 2.14. The third-order valence-electron chi connectivity index (χ3n) is 2.70. The molecule has 0 fully saturated rings. The second kappa shape index (κ2) is 7.34. The van der Waals surface area contributed by atoms with E-state index in [1.807, 2.05) is 11.8 Å². The first-order valence-corrected chi connectivity index (χ1v) is 6.03. The summed E-state index contributed by atoms with van der Waals surface area (Å²) < 4.78 is 5.21. The van der Waals surface area contributed by atoms with Crippen LogP contribution in [0.15, 0.2) is 18.2 Å². The van der Waals surface area contributed by atoms with Gasteiger partial charge in [0.2, 0.25) is 0 Å². The molecule has 0 unspecified atom stereocenters. The Labute approximate surface area is 112 Å². The number of ether oxygens (including phenoxy) is 1. The minimum atomic E-state index is -0.433. The van der Waals surface area contributed by atoms with Crippen LogP contribution >= 0.6 is 0 Å². The third kappa shape index (κ3) is 4.23. The lowest BCUT2D eigenvalue weighted by molar-refractivity contribution is -0.384. The Kier molecular flexibility index (Phi) is 5.76. The topological polar surface area (TPSA) is 79.4 Å². The lowest BCUT2D eigenvalue weighted by Gasteiger charge is -2.19. The van der Waals surface area contributed by atoms with Crippen molar-refractivity contribution < 1.29 is 9.66 Å². The number of benzene rings is 1. The molecule has 6 nitrogen and oxygen atoms in total. The molecule has 6 heteroatoms. The molecule has 0 atom stereocenters. The first kappa shape index (κ1) is 14.9. The van der Waals surface area contributed by atoms with E-state index in [9.17, 15) is 10.1 Å². The quantitative estimate of drug-likeness (QED) is 0.428. The summed E-state index contributed by atoms with van der Waals surface area (Å²) in [5.41, 5.74) is 0.754. The SMILES string of the molecule is CCCN(CC#N)Cc1cc([N+](=O)[O-])ccc1OC. The fraction of sp³-hybridized carbons (Fsp3) is 0.462. The molecule has 0 bridgehead atoms. The van der Waals surface area contributed by atoms with E-state index in [2.05, 4.69) is 6.07 Å². The van der Waals surface area contributed by atoms with Crippen molar-refractivity contribution in [3.63, 3.8) is 0 Å². The van der Waals surface area contributed by atoms with Crippen molar-refractivity contribution >= 4 is 5.69 Å². The van der Waals surface area contributed by atoms with E-state index in [1.165, 1.54) is 19.2 Å². The van der Waals surface area contributed by atoms with Gasteiger partial charge >= 0.3 is 0 Å². The van der Waals surface area contributed by atoms with Gasteiger partial charge in [-0.3, -0.25) is 15.0 Å². The monoisotopic (exact) mass is 263 g/mol. The van der Waals surface area contributed by atoms with Crippen molar-refractivity contribution in [2.24, 2.45) is 0 Å². The molecule has 0 radical (unpaired) electrons. The van der Waals surface area contributed by atoms with Gasteiger partial charge < -0.3 is 4.74 Å². The summed E-state index contributed by atoms with van der Waals surface area (Å²) in [5.74, 6) is 0.602. The summed E-state index contributed by atoms with van der Waals surface area (Å²) in [6.45, 7) is 3.54. The summed E-state index contributed by atoms with van der Waals surface area (Å²) >= 11 is 0. The standard InChI is InChI=1S/C13H17N3O3/c1-3-7-15(8-6-14)10-11-9-12(16(17)18)4-5-13(11)19-2/h4-5,9H,3,7-8,10H2,1-2H3. The molecule has 0 amide bonds. The third-order valence-corrected chi connectivity index (χ3v) is 2.70. The molecule has 1 aromatic rings. The number of non-ortho nitro benzene ring substituents is 1. The Bertz CT molecular complexity index is 483. The van der Waals surface area contributed by atoms with E-state index < -0.39 is 4.92 Å². The van der Waals surface area contributed by atoms with Gasteiger partial charge in [0.1, 0.15) is 5.75 Å². The number of nitro groups is 1. The van der Waals surface area contributed by atoms with E-state index >= 15 is 0 Å². The van der Waals surface area contributed by atoms with Crippen LogP contribution in [0, 0.1) is 21.4 Å². The molecular formula is C13H17N3O3. The molecular weight excluding hydrogens is 246 g/mol. The van der Waals surface area contributed by atoms with Crippen molar-refractivity contribution in [2.75, 3.05) is 20.2 Å². The largest absolute Gasteiger partial charge is 0.496 e. The molecule has 19 heavy (non-hydrogen) atoms. The number of nitriles is 1. The van der Waals surface area contributed by atoms with Crippen molar-refractivity contribution in [2.45, 2.75) is 19.9 Å². The summed E-state index contributed by atoms with van der Waals surface area (Å²) in [4.78, 5) is 12.3. The zero-order valence-electron chi connectivity index (χ0n) is 11.1. The predicted octanol–water partition coefficient (Wildman–Crippen LogP) is 2.34. The van der Waals surface area contributed by atoms with Crippen LogP contribution in [0.5, 0.6) is 5.75 Å². The van der Waals surface area contributed by atoms with Gasteiger partial charge in [0.25, 0.3) is 5.69 Å². The number of nitro benzene ring substituents is 1. The van der Waals surface area contributed by atoms with Crippen molar-refractivity contribution in [1.82, 2.24) is 4.90 Å². The maximum Gasteiger partial charge on any atom is 0.270 e. The van der Waals surface area contributed by atoms with E-state index in [1.54, 1.807) is 6.07 Å². The fourth-order valence-corrected chi connectivity index (χ4v) is 1.87. The van der Waals surface area contributed by atoms with Gasteiger partial charge in [-0.25, -0.2) is 0 Å². The van der Waals surface area contributed by atoms with Gasteiger partial charge in [-0.15, -0.1) is 0 Å². The van der Waals surface area contributed by atoms with Crippen LogP contribution in [0.4, 0.5) is 5.69 Å². The first-order chi connectivity index (χ1) is 9.12. The predicted molar refractivity (Wildman–Crippen MR) is 70.8 cm³/mol. The zero-order chi connectivity index (χ0) is 14.3. The van der Waals surface area contributed by atoms with Crippen LogP contribution in [0.25, 0.3) is 0 Å². The van der Waals surface area contributed by atoms with E-state index in [0.717, 1.165) is 18.5 Å². The van der Waals surface area contributed by atoms with E-state index in [0.29, 0.717) is 18.8 Å². The van der Waals surface area contributed by atoms with Crippen LogP contribution in [-0.4, -0.2) is 30.0 Å². The van der Waals surface area contributed by atoms with Crippen LogP contribution in [-0.2, 0) is 6.54 Å². The highest BCUT2D eigenvalue weighted by Crippen LogP contribution is 2.25. The van der Waals surface area contributed by atoms with Crippen molar-refractivity contribution in [1.29, 1.82) is 5.26 Å². The van der Waals surface area contributed by atoms with Crippen molar-refractivity contribution in [3.05, 3.63) is 33.9 Å². The highest BCUT2D eigenvalue weighted by molar-refractivity contribution is 5.43. The normalized spacial score (nSPS) is 10.2. The second-order valence-corrected chi connectivity index (χ2v) is 4.12. The average molecular weight is 263 g/mol. The van der Waals surface area contributed by atoms with Gasteiger partial charge in [-0.05, 0) is 19.0 Å². The zero-order valence-corrected chi connectivity index (χ0v) is 11.1. The molecule has 0 saturated carbocycles. The van der Waals surface area contributed by atoms with Gasteiger partial charge in [0, 0.05) is 24.2 Å². The molecule has 0 aliphatic heterocycles. The van der Waals surface area contributed by atoms with Gasteiger partial charge in [-0.1, -0.05) is 6.92 Å². The summed E-state index contributed by atoms with van der Waals surface area (Å²) in [7, 11) is 1.53. The molecule has 102 valence electrons. The molecule has 0 N–H and O–H groups in total. The van der Waals surface area contributed by atoms with Gasteiger partial charge in [-0.2, -0.15) is 5.26 Å². The molecule has 0 aromatic heterocycles. The lowest BCUT2D eigenvalue weighted by atomic mass is 10.1. The molecule has 0 aliphatic rings. The van der Waals surface area contributed by atoms with Gasteiger partial charge in [0.05, 0.1) is 24.6 Å². The maximum atomic E-state index is 10.8. The number of hydrogen-bond donors (Lipinski definition) is 0. The Morgan fingerprint density at radius 1 is 1.53 bits per heavy atom. The summed E-state index contributed by atoms with van der Waals surface area (Å²) in [6, 6.07) is 6.60. The lowest BCUT2D eigenvalue weighted by Crippen LogP contribution is -2.24. The van der Waals surface area contributed by atoms with Crippen LogP contribution < -0.4 is 4.74 Å². The Balaban J connectivity index is 2.98.